The quantitative estimate of drug-likeness (QED) is 0.819. The first-order valence-electron chi connectivity index (χ1n) is 6.94. The Morgan fingerprint density at radius 3 is 2.90 bits per heavy atom. The molecule has 0 aliphatic rings. The summed E-state index contributed by atoms with van der Waals surface area (Å²) >= 11 is 1.58. The van der Waals surface area contributed by atoms with E-state index < -0.39 is 0 Å². The Kier molecular flexibility index (Phi) is 7.35. The Labute approximate surface area is 125 Å². The van der Waals surface area contributed by atoms with Gasteiger partial charge in [-0.3, -0.25) is 4.79 Å². The van der Waals surface area contributed by atoms with Crippen molar-refractivity contribution >= 4 is 17.2 Å². The molecule has 0 spiro atoms. The Bertz CT molecular complexity index is 482. The van der Waals surface area contributed by atoms with E-state index in [4.69, 9.17) is 5.11 Å². The number of hydrogen-bond donors (Lipinski definition) is 1. The van der Waals surface area contributed by atoms with Crippen LogP contribution in [-0.2, 0) is 11.3 Å². The summed E-state index contributed by atoms with van der Waals surface area (Å²) in [5.41, 5.74) is 1.11. The minimum atomic E-state index is 0.0956. The van der Waals surface area contributed by atoms with Gasteiger partial charge >= 0.3 is 0 Å². The molecule has 3 nitrogen and oxygen atoms in total. The number of rotatable bonds is 6. The van der Waals surface area contributed by atoms with Crippen LogP contribution in [0.25, 0.3) is 0 Å². The summed E-state index contributed by atoms with van der Waals surface area (Å²) in [4.78, 5) is 14.7. The van der Waals surface area contributed by atoms with Gasteiger partial charge in [0.2, 0.25) is 5.91 Å². The first-order chi connectivity index (χ1) is 9.52. The summed E-state index contributed by atoms with van der Waals surface area (Å²) in [6.45, 7) is 4.99. The normalized spacial score (nSPS) is 10.2. The minimum Gasteiger partial charge on any atom is -0.395 e. The fraction of sp³-hybridized carbons (Fsp3) is 0.562. The first-order valence-corrected chi connectivity index (χ1v) is 7.82. The van der Waals surface area contributed by atoms with Gasteiger partial charge in [0.1, 0.15) is 0 Å². The Balaban J connectivity index is 2.48. The van der Waals surface area contributed by atoms with Crippen LogP contribution in [0.1, 0.15) is 43.6 Å². The second-order valence-electron chi connectivity index (χ2n) is 5.28. The average Bonchev–Trinajstić information content (AvgIpc) is 2.83. The summed E-state index contributed by atoms with van der Waals surface area (Å²) in [5, 5.41) is 10.7. The number of aliphatic hydroxyl groups excluding tert-OH is 1. The lowest BCUT2D eigenvalue weighted by molar-refractivity contribution is -0.130. The SMILES string of the molecule is CC(C)CCC(=O)N(C)Cc1csc(C#CCCO)c1. The van der Waals surface area contributed by atoms with Gasteiger partial charge in [-0.25, -0.2) is 0 Å². The number of aliphatic hydroxyl groups is 1. The molecule has 110 valence electrons. The van der Waals surface area contributed by atoms with Gasteiger partial charge in [0.25, 0.3) is 0 Å². The standard InChI is InChI=1S/C16H23NO2S/c1-13(2)7-8-16(19)17(3)11-14-10-15(20-12-14)6-4-5-9-18/h10,12-13,18H,5,7-9,11H2,1-3H3. The summed E-state index contributed by atoms with van der Waals surface area (Å²) in [7, 11) is 1.84. The lowest BCUT2D eigenvalue weighted by Gasteiger charge is -2.17. The van der Waals surface area contributed by atoms with Crippen LogP contribution in [0, 0.1) is 17.8 Å². The number of carbonyl (C=O) groups is 1. The zero-order chi connectivity index (χ0) is 15.0. The second kappa shape index (κ2) is 8.78. The summed E-state index contributed by atoms with van der Waals surface area (Å²) in [5.74, 6) is 6.67. The van der Waals surface area contributed by atoms with Gasteiger partial charge in [0.15, 0.2) is 0 Å². The number of nitrogens with zero attached hydrogens (tertiary/aromatic N) is 1. The minimum absolute atomic E-state index is 0.0956. The van der Waals surface area contributed by atoms with Crippen LogP contribution in [0.15, 0.2) is 11.4 Å². The largest absolute Gasteiger partial charge is 0.395 e. The van der Waals surface area contributed by atoms with Crippen LogP contribution in [0.2, 0.25) is 0 Å². The third-order valence-corrected chi connectivity index (χ3v) is 3.78. The van der Waals surface area contributed by atoms with E-state index in [0.717, 1.165) is 16.9 Å². The van der Waals surface area contributed by atoms with E-state index in [1.807, 2.05) is 18.5 Å². The molecule has 0 aliphatic carbocycles. The third kappa shape index (κ3) is 6.23. The maximum atomic E-state index is 11.9. The molecule has 0 atom stereocenters. The molecule has 0 radical (unpaired) electrons. The van der Waals surface area contributed by atoms with Gasteiger partial charge in [-0.1, -0.05) is 25.7 Å². The van der Waals surface area contributed by atoms with E-state index in [1.54, 1.807) is 16.2 Å². The Morgan fingerprint density at radius 2 is 2.25 bits per heavy atom. The zero-order valence-electron chi connectivity index (χ0n) is 12.5. The fourth-order valence-corrected chi connectivity index (χ4v) is 2.47. The summed E-state index contributed by atoms with van der Waals surface area (Å²) in [6, 6.07) is 2.02. The highest BCUT2D eigenvalue weighted by Gasteiger charge is 2.10. The molecule has 1 N–H and O–H groups in total. The molecule has 1 aromatic heterocycles. The number of carbonyl (C=O) groups excluding carboxylic acids is 1. The average molecular weight is 293 g/mol. The van der Waals surface area contributed by atoms with Crippen LogP contribution in [0.4, 0.5) is 0 Å². The number of amides is 1. The molecule has 0 aromatic carbocycles. The van der Waals surface area contributed by atoms with Crippen molar-refractivity contribution in [1.82, 2.24) is 4.90 Å². The van der Waals surface area contributed by atoms with Gasteiger partial charge in [0.05, 0.1) is 11.5 Å². The predicted molar refractivity (Wildman–Crippen MR) is 83.4 cm³/mol. The van der Waals surface area contributed by atoms with Crippen LogP contribution in [0.5, 0.6) is 0 Å². The number of hydrogen-bond acceptors (Lipinski definition) is 3. The summed E-state index contributed by atoms with van der Waals surface area (Å²) in [6.07, 6.45) is 2.05. The predicted octanol–water partition coefficient (Wildman–Crippen LogP) is 2.88. The van der Waals surface area contributed by atoms with E-state index in [9.17, 15) is 4.79 Å². The van der Waals surface area contributed by atoms with Crippen LogP contribution < -0.4 is 0 Å². The highest BCUT2D eigenvalue weighted by atomic mass is 32.1. The van der Waals surface area contributed by atoms with Gasteiger partial charge in [-0.2, -0.15) is 0 Å². The van der Waals surface area contributed by atoms with E-state index >= 15 is 0 Å². The monoisotopic (exact) mass is 293 g/mol. The van der Waals surface area contributed by atoms with E-state index in [1.165, 1.54) is 0 Å². The molecular weight excluding hydrogens is 270 g/mol. The summed E-state index contributed by atoms with van der Waals surface area (Å²) < 4.78 is 0. The molecule has 0 aliphatic heterocycles. The molecule has 4 heteroatoms. The van der Waals surface area contributed by atoms with Crippen molar-refractivity contribution in [3.05, 3.63) is 21.9 Å². The Hall–Kier alpha value is -1.31. The molecule has 0 saturated heterocycles. The van der Waals surface area contributed by atoms with Crippen LogP contribution >= 0.6 is 11.3 Å². The van der Waals surface area contributed by atoms with E-state index in [-0.39, 0.29) is 12.5 Å². The highest BCUT2D eigenvalue weighted by Crippen LogP contribution is 2.16. The van der Waals surface area contributed by atoms with Gasteiger partial charge in [0, 0.05) is 26.4 Å². The molecule has 0 unspecified atom stereocenters. The van der Waals surface area contributed by atoms with Crippen molar-refractivity contribution in [2.75, 3.05) is 13.7 Å². The highest BCUT2D eigenvalue weighted by molar-refractivity contribution is 7.10. The van der Waals surface area contributed by atoms with Crippen molar-refractivity contribution in [3.8, 4) is 11.8 Å². The van der Waals surface area contributed by atoms with Crippen molar-refractivity contribution in [1.29, 1.82) is 0 Å². The molecule has 20 heavy (non-hydrogen) atoms. The number of thiophene rings is 1. The van der Waals surface area contributed by atoms with Gasteiger partial charge in [-0.15, -0.1) is 11.3 Å². The maximum Gasteiger partial charge on any atom is 0.222 e. The van der Waals surface area contributed by atoms with E-state index in [0.29, 0.717) is 25.3 Å². The third-order valence-electron chi connectivity index (χ3n) is 2.88. The molecule has 1 heterocycles. The Morgan fingerprint density at radius 1 is 1.50 bits per heavy atom. The van der Waals surface area contributed by atoms with Gasteiger partial charge < -0.3 is 10.0 Å². The molecule has 1 amide bonds. The van der Waals surface area contributed by atoms with Crippen LogP contribution in [-0.4, -0.2) is 29.6 Å². The topological polar surface area (TPSA) is 40.5 Å². The second-order valence-corrected chi connectivity index (χ2v) is 6.19. The van der Waals surface area contributed by atoms with Crippen molar-refractivity contribution in [2.45, 2.75) is 39.7 Å². The maximum absolute atomic E-state index is 11.9. The molecule has 0 saturated carbocycles. The molecule has 0 fully saturated rings. The first kappa shape index (κ1) is 16.7. The lowest BCUT2D eigenvalue weighted by atomic mass is 10.1. The molecule has 1 rings (SSSR count). The molecular formula is C16H23NO2S. The van der Waals surface area contributed by atoms with E-state index in [2.05, 4.69) is 25.7 Å². The van der Waals surface area contributed by atoms with Crippen molar-refractivity contribution < 1.29 is 9.90 Å². The smallest absolute Gasteiger partial charge is 0.222 e. The zero-order valence-corrected chi connectivity index (χ0v) is 13.3. The fourth-order valence-electron chi connectivity index (χ4n) is 1.69. The molecule has 0 bridgehead atoms. The lowest BCUT2D eigenvalue weighted by Crippen LogP contribution is -2.25. The molecule has 1 aromatic rings. The van der Waals surface area contributed by atoms with Crippen molar-refractivity contribution in [2.24, 2.45) is 5.92 Å². The van der Waals surface area contributed by atoms with Gasteiger partial charge in [-0.05, 0) is 29.3 Å². The van der Waals surface area contributed by atoms with Crippen LogP contribution in [0.3, 0.4) is 0 Å². The van der Waals surface area contributed by atoms with Crippen molar-refractivity contribution in [3.63, 3.8) is 0 Å².